The summed E-state index contributed by atoms with van der Waals surface area (Å²) in [5, 5.41) is 10.0. The SMILES string of the molecule is CCCc1c(CCC)c(CCC)c(C(=O)O)c(CCC)c1CCC. The third-order valence-electron chi connectivity index (χ3n) is 4.77. The molecule has 24 heavy (non-hydrogen) atoms. The van der Waals surface area contributed by atoms with Crippen molar-refractivity contribution in [2.45, 2.75) is 98.8 Å². The maximum atomic E-state index is 12.2. The molecule has 0 unspecified atom stereocenters. The lowest BCUT2D eigenvalue weighted by Gasteiger charge is -2.25. The predicted octanol–water partition coefficient (Wildman–Crippen LogP) is 6.15. The van der Waals surface area contributed by atoms with E-state index in [0.29, 0.717) is 5.56 Å². The van der Waals surface area contributed by atoms with Crippen LogP contribution in [0.3, 0.4) is 0 Å². The van der Waals surface area contributed by atoms with Crippen LogP contribution >= 0.6 is 0 Å². The fourth-order valence-electron chi connectivity index (χ4n) is 4.00. The van der Waals surface area contributed by atoms with E-state index in [0.717, 1.165) is 75.3 Å². The molecule has 0 bridgehead atoms. The Hall–Kier alpha value is -1.31. The second-order valence-corrected chi connectivity index (χ2v) is 6.82. The van der Waals surface area contributed by atoms with Crippen LogP contribution in [-0.4, -0.2) is 11.1 Å². The van der Waals surface area contributed by atoms with E-state index in [9.17, 15) is 9.90 Å². The minimum atomic E-state index is -0.723. The van der Waals surface area contributed by atoms with Crippen molar-refractivity contribution in [1.29, 1.82) is 0 Å². The van der Waals surface area contributed by atoms with E-state index in [2.05, 4.69) is 34.6 Å². The van der Waals surface area contributed by atoms with E-state index in [1.165, 1.54) is 16.7 Å². The second kappa shape index (κ2) is 10.5. The molecule has 1 aromatic rings. The van der Waals surface area contributed by atoms with Crippen molar-refractivity contribution in [3.8, 4) is 0 Å². The van der Waals surface area contributed by atoms with Gasteiger partial charge >= 0.3 is 5.97 Å². The smallest absolute Gasteiger partial charge is 0.336 e. The van der Waals surface area contributed by atoms with Crippen molar-refractivity contribution in [3.63, 3.8) is 0 Å². The zero-order chi connectivity index (χ0) is 18.1. The van der Waals surface area contributed by atoms with E-state index in [1.807, 2.05) is 0 Å². The molecule has 0 amide bonds. The van der Waals surface area contributed by atoms with Crippen LogP contribution in [0.5, 0.6) is 0 Å². The lowest BCUT2D eigenvalue weighted by atomic mass is 9.79. The predicted molar refractivity (Wildman–Crippen MR) is 103 cm³/mol. The summed E-state index contributed by atoms with van der Waals surface area (Å²) >= 11 is 0. The molecule has 0 saturated carbocycles. The van der Waals surface area contributed by atoms with Gasteiger partial charge in [-0.1, -0.05) is 66.7 Å². The minimum Gasteiger partial charge on any atom is -0.478 e. The fourth-order valence-corrected chi connectivity index (χ4v) is 4.00. The van der Waals surface area contributed by atoms with Gasteiger partial charge in [0.2, 0.25) is 0 Å². The molecule has 136 valence electrons. The van der Waals surface area contributed by atoms with Gasteiger partial charge in [-0.2, -0.15) is 0 Å². The molecule has 0 aliphatic carbocycles. The number of carbonyl (C=O) groups is 1. The summed E-state index contributed by atoms with van der Waals surface area (Å²) in [7, 11) is 0. The van der Waals surface area contributed by atoms with Crippen LogP contribution in [0.4, 0.5) is 0 Å². The topological polar surface area (TPSA) is 37.3 Å². The van der Waals surface area contributed by atoms with Crippen molar-refractivity contribution in [2.75, 3.05) is 0 Å². The summed E-state index contributed by atoms with van der Waals surface area (Å²) in [4.78, 5) is 12.2. The van der Waals surface area contributed by atoms with Gasteiger partial charge in [-0.3, -0.25) is 0 Å². The zero-order valence-electron chi connectivity index (χ0n) is 16.4. The average molecular weight is 333 g/mol. The van der Waals surface area contributed by atoms with Crippen LogP contribution in [0.2, 0.25) is 0 Å². The molecule has 1 aromatic carbocycles. The Labute approximate surface area is 148 Å². The van der Waals surface area contributed by atoms with E-state index in [4.69, 9.17) is 0 Å². The Kier molecular flexibility index (Phi) is 9.10. The van der Waals surface area contributed by atoms with Gasteiger partial charge in [0.25, 0.3) is 0 Å². The number of rotatable bonds is 11. The molecule has 0 fully saturated rings. The van der Waals surface area contributed by atoms with Crippen LogP contribution in [-0.2, 0) is 32.1 Å². The van der Waals surface area contributed by atoms with Crippen LogP contribution in [0, 0.1) is 0 Å². The van der Waals surface area contributed by atoms with Crippen LogP contribution in [0.15, 0.2) is 0 Å². The van der Waals surface area contributed by atoms with Crippen LogP contribution in [0.25, 0.3) is 0 Å². The third-order valence-corrected chi connectivity index (χ3v) is 4.77. The maximum absolute atomic E-state index is 12.2. The summed E-state index contributed by atoms with van der Waals surface area (Å²) in [5.74, 6) is -0.723. The monoisotopic (exact) mass is 332 g/mol. The molecule has 0 aromatic heterocycles. The number of hydrogen-bond acceptors (Lipinski definition) is 1. The molecule has 1 rings (SSSR count). The number of benzene rings is 1. The molecular weight excluding hydrogens is 296 g/mol. The molecule has 1 N–H and O–H groups in total. The van der Waals surface area contributed by atoms with Gasteiger partial charge in [0.1, 0.15) is 0 Å². The Balaban J connectivity index is 3.85. The quantitative estimate of drug-likeness (QED) is 0.528. The number of hydrogen-bond donors (Lipinski definition) is 1. The molecule has 0 radical (unpaired) electrons. The molecule has 0 heterocycles. The first kappa shape index (κ1) is 20.7. The molecule has 0 aliphatic rings. The molecule has 0 spiro atoms. The third kappa shape index (κ3) is 4.62. The summed E-state index contributed by atoms with van der Waals surface area (Å²) in [6.45, 7) is 10.9. The van der Waals surface area contributed by atoms with E-state index < -0.39 is 5.97 Å². The van der Waals surface area contributed by atoms with Gasteiger partial charge in [0.15, 0.2) is 0 Å². The first-order valence-corrected chi connectivity index (χ1v) is 9.98. The molecule has 2 heteroatoms. The Morgan fingerprint density at radius 3 is 1.08 bits per heavy atom. The van der Waals surface area contributed by atoms with E-state index in [1.54, 1.807) is 0 Å². The standard InChI is InChI=1S/C22H36O2/c1-6-11-16-17(12-7-2)19(14-9-4)21(22(23)24)20(15-10-5)18(16)13-8-3/h6-15H2,1-5H3,(H,23,24). The highest BCUT2D eigenvalue weighted by molar-refractivity contribution is 5.92. The fraction of sp³-hybridized carbons (Fsp3) is 0.682. The first-order chi connectivity index (χ1) is 11.6. The van der Waals surface area contributed by atoms with Crippen molar-refractivity contribution in [2.24, 2.45) is 0 Å². The Morgan fingerprint density at radius 2 is 0.833 bits per heavy atom. The largest absolute Gasteiger partial charge is 0.478 e. The zero-order valence-corrected chi connectivity index (χ0v) is 16.4. The summed E-state index contributed by atoms with van der Waals surface area (Å²) in [5.41, 5.74) is 7.13. The van der Waals surface area contributed by atoms with Crippen LogP contribution in [0.1, 0.15) is 105 Å². The number of aromatic carboxylic acids is 1. The van der Waals surface area contributed by atoms with Crippen molar-refractivity contribution in [1.82, 2.24) is 0 Å². The molecule has 0 aliphatic heterocycles. The van der Waals surface area contributed by atoms with E-state index in [-0.39, 0.29) is 0 Å². The lowest BCUT2D eigenvalue weighted by Crippen LogP contribution is -2.17. The van der Waals surface area contributed by atoms with Gasteiger partial charge in [0, 0.05) is 0 Å². The minimum absolute atomic E-state index is 0.644. The first-order valence-electron chi connectivity index (χ1n) is 9.98. The summed E-state index contributed by atoms with van der Waals surface area (Å²) < 4.78 is 0. The van der Waals surface area contributed by atoms with Gasteiger partial charge in [-0.25, -0.2) is 4.79 Å². The number of carboxylic acid groups (broad SMARTS) is 1. The Bertz CT molecular complexity index is 506. The molecular formula is C22H36O2. The molecule has 2 nitrogen and oxygen atoms in total. The molecule has 0 saturated heterocycles. The van der Waals surface area contributed by atoms with Gasteiger partial charge in [0.05, 0.1) is 5.56 Å². The average Bonchev–Trinajstić information content (AvgIpc) is 2.54. The van der Waals surface area contributed by atoms with Crippen molar-refractivity contribution in [3.05, 3.63) is 33.4 Å². The second-order valence-electron chi connectivity index (χ2n) is 6.82. The normalized spacial score (nSPS) is 11.0. The van der Waals surface area contributed by atoms with Gasteiger partial charge in [-0.15, -0.1) is 0 Å². The molecule has 0 atom stereocenters. The van der Waals surface area contributed by atoms with E-state index >= 15 is 0 Å². The maximum Gasteiger partial charge on any atom is 0.336 e. The summed E-state index contributed by atoms with van der Waals surface area (Å²) in [6.07, 6.45) is 10.1. The van der Waals surface area contributed by atoms with Crippen molar-refractivity contribution >= 4 is 5.97 Å². The Morgan fingerprint density at radius 1 is 0.583 bits per heavy atom. The van der Waals surface area contributed by atoms with Crippen molar-refractivity contribution < 1.29 is 9.90 Å². The summed E-state index contributed by atoms with van der Waals surface area (Å²) in [6, 6.07) is 0. The van der Waals surface area contributed by atoms with Gasteiger partial charge in [-0.05, 0) is 59.9 Å². The number of carboxylic acids is 1. The highest BCUT2D eigenvalue weighted by Gasteiger charge is 2.25. The van der Waals surface area contributed by atoms with Crippen LogP contribution < -0.4 is 0 Å². The lowest BCUT2D eigenvalue weighted by molar-refractivity contribution is 0.0694. The highest BCUT2D eigenvalue weighted by atomic mass is 16.4. The highest BCUT2D eigenvalue weighted by Crippen LogP contribution is 2.33. The van der Waals surface area contributed by atoms with Gasteiger partial charge < -0.3 is 5.11 Å².